The van der Waals surface area contributed by atoms with Crippen molar-refractivity contribution in [3.8, 4) is 16.3 Å². The van der Waals surface area contributed by atoms with Crippen LogP contribution in [0.2, 0.25) is 0 Å². The third-order valence-corrected chi connectivity index (χ3v) is 4.64. The van der Waals surface area contributed by atoms with Crippen molar-refractivity contribution < 1.29 is 19.0 Å². The van der Waals surface area contributed by atoms with Crippen LogP contribution in [0, 0.1) is 0 Å². The number of aromatic nitrogens is 1. The van der Waals surface area contributed by atoms with E-state index in [2.05, 4.69) is 4.98 Å². The van der Waals surface area contributed by atoms with E-state index in [1.165, 1.54) is 11.3 Å². The van der Waals surface area contributed by atoms with Gasteiger partial charge >= 0.3 is 5.97 Å². The third kappa shape index (κ3) is 4.28. The van der Waals surface area contributed by atoms with Crippen molar-refractivity contribution in [3.63, 3.8) is 0 Å². The Labute approximate surface area is 156 Å². The highest BCUT2D eigenvalue weighted by molar-refractivity contribution is 7.13. The van der Waals surface area contributed by atoms with Gasteiger partial charge in [-0.2, -0.15) is 0 Å². The quantitative estimate of drug-likeness (QED) is 0.581. The highest BCUT2D eigenvalue weighted by Gasteiger charge is 2.12. The maximum Gasteiger partial charge on any atom is 0.338 e. The monoisotopic (exact) mass is 369 g/mol. The van der Waals surface area contributed by atoms with E-state index in [0.717, 1.165) is 21.9 Å². The highest BCUT2D eigenvalue weighted by Crippen LogP contribution is 2.32. The molecule has 0 radical (unpaired) electrons. The van der Waals surface area contributed by atoms with Gasteiger partial charge in [-0.1, -0.05) is 24.3 Å². The summed E-state index contributed by atoms with van der Waals surface area (Å²) in [6.07, 6.45) is 0. The van der Waals surface area contributed by atoms with Gasteiger partial charge in [-0.3, -0.25) is 0 Å². The first kappa shape index (κ1) is 18.1. The molecule has 5 nitrogen and oxygen atoms in total. The molecule has 0 aliphatic heterocycles. The van der Waals surface area contributed by atoms with E-state index in [1.807, 2.05) is 41.8 Å². The third-order valence-electron chi connectivity index (χ3n) is 3.71. The molecule has 3 rings (SSSR count). The second-order valence-electron chi connectivity index (χ2n) is 5.55. The smallest absolute Gasteiger partial charge is 0.338 e. The Balaban J connectivity index is 1.66. The summed E-state index contributed by atoms with van der Waals surface area (Å²) >= 11 is 1.49. The topological polar surface area (TPSA) is 57.7 Å². The van der Waals surface area contributed by atoms with Crippen LogP contribution in [0.3, 0.4) is 0 Å². The molecular formula is C20H19NO4S. The second-order valence-corrected chi connectivity index (χ2v) is 6.41. The number of para-hydroxylation sites is 1. The summed E-state index contributed by atoms with van der Waals surface area (Å²) in [7, 11) is 3.25. The number of rotatable bonds is 7. The molecule has 134 valence electrons. The minimum atomic E-state index is -0.380. The lowest BCUT2D eigenvalue weighted by Gasteiger charge is -2.06. The van der Waals surface area contributed by atoms with Crippen molar-refractivity contribution in [2.45, 2.75) is 13.2 Å². The molecule has 0 spiro atoms. The molecule has 0 fully saturated rings. The molecule has 0 N–H and O–H groups in total. The van der Waals surface area contributed by atoms with Crippen molar-refractivity contribution in [2.24, 2.45) is 0 Å². The average molecular weight is 369 g/mol. The molecule has 0 unspecified atom stereocenters. The summed E-state index contributed by atoms with van der Waals surface area (Å²) in [5.74, 6) is 0.384. The maximum atomic E-state index is 12.2. The molecule has 6 heteroatoms. The minimum Gasteiger partial charge on any atom is -0.496 e. The fourth-order valence-corrected chi connectivity index (χ4v) is 3.33. The molecule has 3 aromatic rings. The fraction of sp³-hybridized carbons (Fsp3) is 0.200. The predicted molar refractivity (Wildman–Crippen MR) is 100 cm³/mol. The Bertz CT molecular complexity index is 891. The number of benzene rings is 2. The zero-order valence-corrected chi connectivity index (χ0v) is 15.4. The Morgan fingerprint density at radius 3 is 2.73 bits per heavy atom. The first-order chi connectivity index (χ1) is 12.7. The Hall–Kier alpha value is -2.70. The van der Waals surface area contributed by atoms with E-state index in [9.17, 15) is 4.79 Å². The van der Waals surface area contributed by atoms with Gasteiger partial charge in [-0.05, 0) is 29.8 Å². The molecule has 1 heterocycles. The number of esters is 1. The van der Waals surface area contributed by atoms with E-state index < -0.39 is 0 Å². The summed E-state index contributed by atoms with van der Waals surface area (Å²) in [5, 5.41) is 2.71. The molecule has 0 saturated heterocycles. The van der Waals surface area contributed by atoms with Crippen LogP contribution in [0.5, 0.6) is 5.75 Å². The number of hydrogen-bond acceptors (Lipinski definition) is 6. The molecule has 1 aromatic heterocycles. The number of carbonyl (C=O) groups excluding carboxylic acids is 1. The van der Waals surface area contributed by atoms with E-state index in [4.69, 9.17) is 14.2 Å². The average Bonchev–Trinajstić information content (AvgIpc) is 3.15. The van der Waals surface area contributed by atoms with Gasteiger partial charge in [0.2, 0.25) is 0 Å². The van der Waals surface area contributed by atoms with Crippen LogP contribution in [0.25, 0.3) is 10.6 Å². The number of hydrogen-bond donors (Lipinski definition) is 0. The molecule has 0 aliphatic carbocycles. The highest BCUT2D eigenvalue weighted by atomic mass is 32.1. The van der Waals surface area contributed by atoms with Crippen LogP contribution in [-0.4, -0.2) is 25.2 Å². The maximum absolute atomic E-state index is 12.2. The van der Waals surface area contributed by atoms with Crippen LogP contribution in [0.15, 0.2) is 53.9 Å². The summed E-state index contributed by atoms with van der Waals surface area (Å²) in [5.41, 5.74) is 3.05. The van der Waals surface area contributed by atoms with Gasteiger partial charge in [-0.25, -0.2) is 9.78 Å². The lowest BCUT2D eigenvalue weighted by Crippen LogP contribution is -2.06. The molecule has 26 heavy (non-hydrogen) atoms. The number of ether oxygens (including phenoxy) is 3. The zero-order chi connectivity index (χ0) is 18.4. The normalized spacial score (nSPS) is 10.5. The van der Waals surface area contributed by atoms with E-state index in [0.29, 0.717) is 17.9 Å². The number of carbonyl (C=O) groups is 1. The van der Waals surface area contributed by atoms with E-state index in [1.54, 1.807) is 26.4 Å². The van der Waals surface area contributed by atoms with Crippen molar-refractivity contribution in [1.29, 1.82) is 0 Å². The SMILES string of the molecule is COCc1cccc(C(=O)OCc2csc(-c3ccccc3OC)n2)c1. The molecule has 0 atom stereocenters. The van der Waals surface area contributed by atoms with Gasteiger partial charge in [0.25, 0.3) is 0 Å². The lowest BCUT2D eigenvalue weighted by molar-refractivity contribution is 0.0468. The zero-order valence-electron chi connectivity index (χ0n) is 14.6. The van der Waals surface area contributed by atoms with Crippen molar-refractivity contribution >= 4 is 17.3 Å². The molecule has 0 bridgehead atoms. The van der Waals surface area contributed by atoms with Crippen molar-refractivity contribution in [2.75, 3.05) is 14.2 Å². The molecule has 0 saturated carbocycles. The van der Waals surface area contributed by atoms with Crippen LogP contribution in [0.1, 0.15) is 21.6 Å². The summed E-state index contributed by atoms with van der Waals surface area (Å²) < 4.78 is 15.8. The second kappa shape index (κ2) is 8.60. The minimum absolute atomic E-state index is 0.124. The molecule has 0 aliphatic rings. The van der Waals surface area contributed by atoms with Crippen LogP contribution in [-0.2, 0) is 22.7 Å². The Morgan fingerprint density at radius 1 is 1.08 bits per heavy atom. The van der Waals surface area contributed by atoms with E-state index in [-0.39, 0.29) is 12.6 Å². The number of thiazole rings is 1. The van der Waals surface area contributed by atoms with Crippen LogP contribution < -0.4 is 4.74 Å². The predicted octanol–water partition coefficient (Wildman–Crippen LogP) is 4.32. The van der Waals surface area contributed by atoms with Crippen LogP contribution >= 0.6 is 11.3 Å². The summed E-state index contributed by atoms with van der Waals surface area (Å²) in [6, 6.07) is 14.9. The van der Waals surface area contributed by atoms with Gasteiger partial charge < -0.3 is 14.2 Å². The van der Waals surface area contributed by atoms with Gasteiger partial charge in [0, 0.05) is 12.5 Å². The largest absolute Gasteiger partial charge is 0.496 e. The van der Waals surface area contributed by atoms with E-state index >= 15 is 0 Å². The first-order valence-corrected chi connectivity index (χ1v) is 8.92. The lowest BCUT2D eigenvalue weighted by atomic mass is 10.1. The van der Waals surface area contributed by atoms with Gasteiger partial charge in [0.15, 0.2) is 0 Å². The first-order valence-electron chi connectivity index (χ1n) is 8.04. The fourth-order valence-electron chi connectivity index (χ4n) is 2.50. The van der Waals surface area contributed by atoms with Crippen molar-refractivity contribution in [1.82, 2.24) is 4.98 Å². The summed E-state index contributed by atoms with van der Waals surface area (Å²) in [4.78, 5) is 16.8. The number of methoxy groups -OCH3 is 2. The van der Waals surface area contributed by atoms with Crippen molar-refractivity contribution in [3.05, 3.63) is 70.7 Å². The molecule has 2 aromatic carbocycles. The Kier molecular flexibility index (Phi) is 5.99. The van der Waals surface area contributed by atoms with Gasteiger partial charge in [-0.15, -0.1) is 11.3 Å². The molecule has 0 amide bonds. The van der Waals surface area contributed by atoms with Gasteiger partial charge in [0.05, 0.1) is 30.5 Å². The Morgan fingerprint density at radius 2 is 1.92 bits per heavy atom. The van der Waals surface area contributed by atoms with Crippen LogP contribution in [0.4, 0.5) is 0 Å². The molecular weight excluding hydrogens is 350 g/mol. The standard InChI is InChI=1S/C20H19NO4S/c1-23-11-14-6-5-7-15(10-14)20(22)25-12-16-13-26-19(21-16)17-8-3-4-9-18(17)24-2/h3-10,13H,11-12H2,1-2H3. The summed E-state index contributed by atoms with van der Waals surface area (Å²) in [6.45, 7) is 0.578. The van der Waals surface area contributed by atoms with Gasteiger partial charge in [0.1, 0.15) is 17.4 Å². The number of nitrogens with zero attached hydrogens (tertiary/aromatic N) is 1.